The highest BCUT2D eigenvalue weighted by molar-refractivity contribution is 9.10. The molecule has 1 aromatic rings. The highest BCUT2D eigenvalue weighted by atomic mass is 79.9. The van der Waals surface area contributed by atoms with Crippen LogP contribution in [0.4, 0.5) is 5.82 Å². The first kappa shape index (κ1) is 10.8. The van der Waals surface area contributed by atoms with E-state index in [1.807, 2.05) is 19.2 Å². The molecule has 80 valence electrons. The Morgan fingerprint density at radius 2 is 2.33 bits per heavy atom. The Balaban J connectivity index is 2.52. The zero-order valence-electron chi connectivity index (χ0n) is 8.30. The summed E-state index contributed by atoms with van der Waals surface area (Å²) in [6.07, 6.45) is 1.94. The van der Waals surface area contributed by atoms with E-state index in [1.54, 1.807) is 0 Å². The van der Waals surface area contributed by atoms with Crippen molar-refractivity contribution in [2.75, 3.05) is 11.6 Å². The molecule has 6 heteroatoms. The second-order valence-electron chi connectivity index (χ2n) is 3.22. The number of fused-ring (bicyclic) bond motifs is 1. The van der Waals surface area contributed by atoms with Crippen molar-refractivity contribution in [1.29, 1.82) is 0 Å². The molecule has 2 rings (SSSR count). The summed E-state index contributed by atoms with van der Waals surface area (Å²) in [5, 5.41) is 3.91. The molecule has 1 aromatic heterocycles. The maximum Gasteiger partial charge on any atom is 0.263 e. The van der Waals surface area contributed by atoms with Crippen molar-refractivity contribution in [2.24, 2.45) is 4.99 Å². The van der Waals surface area contributed by atoms with E-state index >= 15 is 0 Å². The topological polar surface area (TPSA) is 57.2 Å². The van der Waals surface area contributed by atoms with E-state index in [2.05, 4.69) is 31.2 Å². The van der Waals surface area contributed by atoms with Gasteiger partial charge in [-0.1, -0.05) is 11.8 Å². The van der Waals surface area contributed by atoms with Crippen LogP contribution < -0.4 is 10.9 Å². The summed E-state index contributed by atoms with van der Waals surface area (Å²) in [4.78, 5) is 18.6. The molecule has 0 fully saturated rings. The SMILES string of the molecule is CSC1=NC(C)c2cc(Br)c(=O)[nH]c2N1. The molecular formula is C9H10BrN3OS. The Bertz CT molecular complexity index is 483. The van der Waals surface area contributed by atoms with Gasteiger partial charge in [-0.05, 0) is 35.2 Å². The predicted octanol–water partition coefficient (Wildman–Crippen LogP) is 2.34. The molecule has 0 aliphatic carbocycles. The summed E-state index contributed by atoms with van der Waals surface area (Å²) in [5.74, 6) is 0.745. The minimum absolute atomic E-state index is 0.0665. The molecule has 2 N–H and O–H groups in total. The first-order chi connectivity index (χ1) is 7.11. The fraction of sp³-hybridized carbons (Fsp3) is 0.333. The van der Waals surface area contributed by atoms with Crippen molar-refractivity contribution in [2.45, 2.75) is 13.0 Å². The van der Waals surface area contributed by atoms with Crippen molar-refractivity contribution in [1.82, 2.24) is 4.98 Å². The number of pyridine rings is 1. The van der Waals surface area contributed by atoms with Crippen LogP contribution in [0.2, 0.25) is 0 Å². The number of amidine groups is 1. The molecule has 1 atom stereocenters. The molecule has 0 bridgehead atoms. The number of hydrogen-bond donors (Lipinski definition) is 2. The van der Waals surface area contributed by atoms with Gasteiger partial charge in [0.1, 0.15) is 5.82 Å². The molecule has 0 amide bonds. The number of thioether (sulfide) groups is 1. The highest BCUT2D eigenvalue weighted by Gasteiger charge is 2.19. The summed E-state index contributed by atoms with van der Waals surface area (Å²) in [6, 6.07) is 1.88. The Morgan fingerprint density at radius 1 is 1.60 bits per heavy atom. The van der Waals surface area contributed by atoms with Crippen molar-refractivity contribution in [3.05, 3.63) is 26.5 Å². The zero-order valence-corrected chi connectivity index (χ0v) is 10.7. The summed E-state index contributed by atoms with van der Waals surface area (Å²) in [5.41, 5.74) is 0.870. The third kappa shape index (κ3) is 1.96. The third-order valence-electron chi connectivity index (χ3n) is 2.21. The lowest BCUT2D eigenvalue weighted by Crippen LogP contribution is -2.21. The lowest BCUT2D eigenvalue weighted by atomic mass is 10.1. The monoisotopic (exact) mass is 287 g/mol. The van der Waals surface area contributed by atoms with Gasteiger partial charge in [-0.25, -0.2) is 0 Å². The molecule has 0 saturated carbocycles. The molecule has 1 unspecified atom stereocenters. The van der Waals surface area contributed by atoms with E-state index < -0.39 is 0 Å². The first-order valence-corrected chi connectivity index (χ1v) is 6.45. The Labute approximate surface area is 99.7 Å². The molecule has 1 aliphatic heterocycles. The number of aliphatic imine (C=N–C) groups is 1. The number of hydrogen-bond acceptors (Lipinski definition) is 4. The summed E-state index contributed by atoms with van der Waals surface area (Å²) in [6.45, 7) is 2.00. The maximum absolute atomic E-state index is 11.4. The van der Waals surface area contributed by atoms with Gasteiger partial charge in [0.15, 0.2) is 5.17 Å². The van der Waals surface area contributed by atoms with E-state index in [1.165, 1.54) is 11.8 Å². The molecule has 0 spiro atoms. The minimum Gasteiger partial charge on any atom is -0.321 e. The number of nitrogens with zero attached hydrogens (tertiary/aromatic N) is 1. The molecule has 15 heavy (non-hydrogen) atoms. The number of nitrogens with one attached hydrogen (secondary N) is 2. The number of H-pyrrole nitrogens is 1. The average Bonchev–Trinajstić information content (AvgIpc) is 2.21. The van der Waals surface area contributed by atoms with Gasteiger partial charge < -0.3 is 10.3 Å². The van der Waals surface area contributed by atoms with Gasteiger partial charge in [-0.15, -0.1) is 0 Å². The summed E-state index contributed by atoms with van der Waals surface area (Å²) in [7, 11) is 0. The third-order valence-corrected chi connectivity index (χ3v) is 3.40. The van der Waals surface area contributed by atoms with Gasteiger partial charge in [0.2, 0.25) is 0 Å². The van der Waals surface area contributed by atoms with Crippen LogP contribution in [-0.2, 0) is 0 Å². The van der Waals surface area contributed by atoms with Crippen LogP contribution in [0.5, 0.6) is 0 Å². The summed E-state index contributed by atoms with van der Waals surface area (Å²) < 4.78 is 0.540. The van der Waals surface area contributed by atoms with E-state index in [-0.39, 0.29) is 11.6 Å². The maximum atomic E-state index is 11.4. The second kappa shape index (κ2) is 4.02. The number of aromatic nitrogens is 1. The van der Waals surface area contributed by atoms with Gasteiger partial charge in [-0.2, -0.15) is 0 Å². The fourth-order valence-corrected chi connectivity index (χ4v) is 2.25. The fourth-order valence-electron chi connectivity index (χ4n) is 1.44. The van der Waals surface area contributed by atoms with Gasteiger partial charge in [0.05, 0.1) is 10.5 Å². The molecule has 0 aromatic carbocycles. The van der Waals surface area contributed by atoms with E-state index in [0.717, 1.165) is 16.5 Å². The molecular weight excluding hydrogens is 278 g/mol. The molecule has 4 nitrogen and oxygen atoms in total. The van der Waals surface area contributed by atoms with Crippen LogP contribution in [0.1, 0.15) is 18.5 Å². The van der Waals surface area contributed by atoms with Crippen LogP contribution in [0, 0.1) is 0 Å². The normalized spacial score (nSPS) is 19.1. The van der Waals surface area contributed by atoms with Gasteiger partial charge in [0.25, 0.3) is 5.56 Å². The molecule has 1 aliphatic rings. The standard InChI is InChI=1S/C9H10BrN3OS/c1-4-5-3-6(10)8(14)12-7(5)13-9(11-4)15-2/h3-4H,1-2H3,(H2,11,12,13,14). The van der Waals surface area contributed by atoms with Gasteiger partial charge >= 0.3 is 0 Å². The quantitative estimate of drug-likeness (QED) is 0.770. The zero-order chi connectivity index (χ0) is 11.0. The average molecular weight is 288 g/mol. The minimum atomic E-state index is -0.129. The first-order valence-electron chi connectivity index (χ1n) is 4.43. The predicted molar refractivity (Wildman–Crippen MR) is 67.8 cm³/mol. The van der Waals surface area contributed by atoms with Crippen LogP contribution >= 0.6 is 27.7 Å². The van der Waals surface area contributed by atoms with E-state index in [9.17, 15) is 4.79 Å². The summed E-state index contributed by atoms with van der Waals surface area (Å²) >= 11 is 4.74. The van der Waals surface area contributed by atoms with E-state index in [0.29, 0.717) is 4.47 Å². The lowest BCUT2D eigenvalue weighted by molar-refractivity contribution is 0.806. The Kier molecular flexibility index (Phi) is 2.88. The second-order valence-corrected chi connectivity index (χ2v) is 4.87. The molecule has 0 radical (unpaired) electrons. The molecule has 2 heterocycles. The van der Waals surface area contributed by atoms with Crippen LogP contribution in [0.25, 0.3) is 0 Å². The Morgan fingerprint density at radius 3 is 3.00 bits per heavy atom. The van der Waals surface area contributed by atoms with Crippen molar-refractivity contribution in [3.8, 4) is 0 Å². The number of rotatable bonds is 0. The number of anilines is 1. The Hall–Kier alpha value is -0.750. The van der Waals surface area contributed by atoms with Gasteiger partial charge in [-0.3, -0.25) is 9.79 Å². The number of halogens is 1. The number of aromatic amines is 1. The van der Waals surface area contributed by atoms with Crippen LogP contribution in [0.3, 0.4) is 0 Å². The lowest BCUT2D eigenvalue weighted by Gasteiger charge is -2.21. The van der Waals surface area contributed by atoms with E-state index in [4.69, 9.17) is 0 Å². The van der Waals surface area contributed by atoms with Crippen LogP contribution in [-0.4, -0.2) is 16.4 Å². The van der Waals surface area contributed by atoms with Crippen molar-refractivity contribution in [3.63, 3.8) is 0 Å². The van der Waals surface area contributed by atoms with Crippen molar-refractivity contribution >= 4 is 38.7 Å². The van der Waals surface area contributed by atoms with Crippen molar-refractivity contribution < 1.29 is 0 Å². The smallest absolute Gasteiger partial charge is 0.263 e. The van der Waals surface area contributed by atoms with Crippen LogP contribution in [0.15, 0.2) is 20.3 Å². The largest absolute Gasteiger partial charge is 0.321 e. The highest BCUT2D eigenvalue weighted by Crippen LogP contribution is 2.29. The van der Waals surface area contributed by atoms with Gasteiger partial charge in [0, 0.05) is 5.56 Å². The molecule has 0 saturated heterocycles.